The number of para-hydroxylation sites is 2. The fraction of sp³-hybridized carbons (Fsp3) is 0.258. The van der Waals surface area contributed by atoms with Gasteiger partial charge in [-0.2, -0.15) is 0 Å². The zero-order valence-electron chi connectivity index (χ0n) is 21.1. The Balaban J connectivity index is 1.70. The van der Waals surface area contributed by atoms with Crippen LogP contribution in [0.3, 0.4) is 0 Å². The topological polar surface area (TPSA) is 59.5 Å². The van der Waals surface area contributed by atoms with E-state index in [1.807, 2.05) is 36.4 Å². The lowest BCUT2D eigenvalue weighted by Crippen LogP contribution is -2.32. The summed E-state index contributed by atoms with van der Waals surface area (Å²) in [6.45, 7) is 0.444. The number of methoxy groups -OCH3 is 1. The van der Waals surface area contributed by atoms with Crippen molar-refractivity contribution in [3.05, 3.63) is 106 Å². The van der Waals surface area contributed by atoms with Crippen LogP contribution < -0.4 is 9.64 Å². The first-order chi connectivity index (χ1) is 18.5. The highest BCUT2D eigenvalue weighted by atomic mass is 35.5. The van der Waals surface area contributed by atoms with Crippen LogP contribution in [0, 0.1) is 11.7 Å². The molecule has 3 aromatic rings. The fourth-order valence-corrected chi connectivity index (χ4v) is 5.61. The molecule has 0 bridgehead atoms. The normalized spacial score (nSPS) is 18.0. The van der Waals surface area contributed by atoms with Gasteiger partial charge in [0.1, 0.15) is 11.6 Å². The van der Waals surface area contributed by atoms with Gasteiger partial charge in [-0.05, 0) is 90.8 Å². The van der Waals surface area contributed by atoms with Gasteiger partial charge in [0.05, 0.1) is 12.8 Å². The van der Waals surface area contributed by atoms with Gasteiger partial charge in [-0.25, -0.2) is 4.39 Å². The first-order valence-corrected chi connectivity index (χ1v) is 13.1. The van der Waals surface area contributed by atoms with Crippen molar-refractivity contribution in [1.29, 1.82) is 0 Å². The van der Waals surface area contributed by atoms with Crippen molar-refractivity contribution in [3.63, 3.8) is 0 Å². The number of hydrogen-bond acceptors (Lipinski definition) is 4. The van der Waals surface area contributed by atoms with Crippen LogP contribution in [0.1, 0.15) is 36.8 Å². The molecule has 2 heterocycles. The summed E-state index contributed by atoms with van der Waals surface area (Å²) in [5, 5.41) is 0.365. The molecule has 2 aliphatic rings. The molecule has 0 radical (unpaired) electrons. The van der Waals surface area contributed by atoms with Crippen molar-refractivity contribution in [2.75, 3.05) is 18.6 Å². The third-order valence-corrected chi connectivity index (χ3v) is 7.40. The summed E-state index contributed by atoms with van der Waals surface area (Å²) in [6.07, 6.45) is 7.62. The SMILES string of the molecule is COc1ccccc1N1CCCC2=CC(=O)CC(CCc3cccnc3)C(c3cc(Cl)ccc3F)=C2C1=O. The molecule has 194 valence electrons. The van der Waals surface area contributed by atoms with Gasteiger partial charge in [0.25, 0.3) is 5.91 Å². The Morgan fingerprint density at radius 3 is 2.76 bits per heavy atom. The minimum absolute atomic E-state index is 0.0651. The van der Waals surface area contributed by atoms with Crippen molar-refractivity contribution < 1.29 is 18.7 Å². The third-order valence-electron chi connectivity index (χ3n) is 7.17. The summed E-state index contributed by atoms with van der Waals surface area (Å²) in [5.41, 5.74) is 3.49. The van der Waals surface area contributed by atoms with Gasteiger partial charge in [-0.3, -0.25) is 14.6 Å². The van der Waals surface area contributed by atoms with Crippen LogP contribution >= 0.6 is 11.6 Å². The lowest BCUT2D eigenvalue weighted by atomic mass is 9.81. The number of fused-ring (bicyclic) bond motifs is 1. The number of ketones is 1. The van der Waals surface area contributed by atoms with E-state index in [9.17, 15) is 9.59 Å². The van der Waals surface area contributed by atoms with Gasteiger partial charge in [0.2, 0.25) is 0 Å². The summed E-state index contributed by atoms with van der Waals surface area (Å²) in [5.74, 6) is -0.626. The highest BCUT2D eigenvalue weighted by Gasteiger charge is 2.36. The van der Waals surface area contributed by atoms with Gasteiger partial charge in [-0.1, -0.05) is 29.8 Å². The molecule has 1 saturated heterocycles. The van der Waals surface area contributed by atoms with Crippen LogP contribution in [0.25, 0.3) is 5.57 Å². The number of halogens is 2. The maximum Gasteiger partial charge on any atom is 0.258 e. The number of aromatic nitrogens is 1. The first-order valence-electron chi connectivity index (χ1n) is 12.7. The number of benzene rings is 2. The smallest absolute Gasteiger partial charge is 0.258 e. The Morgan fingerprint density at radius 2 is 1.97 bits per heavy atom. The summed E-state index contributed by atoms with van der Waals surface area (Å²) in [7, 11) is 1.57. The molecule has 1 aliphatic carbocycles. The van der Waals surface area contributed by atoms with E-state index in [4.69, 9.17) is 16.3 Å². The Kier molecular flexibility index (Phi) is 7.70. The molecular formula is C31H28ClFN2O3. The first kappa shape index (κ1) is 25.9. The van der Waals surface area contributed by atoms with E-state index in [1.165, 1.54) is 12.1 Å². The molecule has 1 aliphatic heterocycles. The number of anilines is 1. The molecule has 1 atom stereocenters. The van der Waals surface area contributed by atoms with Crippen molar-refractivity contribution in [1.82, 2.24) is 4.98 Å². The van der Waals surface area contributed by atoms with Crippen LogP contribution in [0.4, 0.5) is 10.1 Å². The average molecular weight is 531 g/mol. The summed E-state index contributed by atoms with van der Waals surface area (Å²) in [4.78, 5) is 33.5. The second-order valence-corrected chi connectivity index (χ2v) is 10.0. The molecule has 1 unspecified atom stereocenters. The molecule has 38 heavy (non-hydrogen) atoms. The summed E-state index contributed by atoms with van der Waals surface area (Å²) >= 11 is 6.34. The second-order valence-electron chi connectivity index (χ2n) is 9.58. The van der Waals surface area contributed by atoms with E-state index in [0.29, 0.717) is 65.4 Å². The standard InChI is InChI=1S/C31H28ClFN2O3/c1-38-28-9-3-2-8-27(28)35-15-5-7-21-16-24(36)17-22(11-10-20-6-4-14-34-19-20)29(30(21)31(35)37)25-18-23(32)12-13-26(25)33/h2-4,6,8-9,12-14,16,18-19,22H,5,7,10-11,15,17H2,1H3. The highest BCUT2D eigenvalue weighted by molar-refractivity contribution is 6.30. The molecule has 0 saturated carbocycles. The zero-order valence-corrected chi connectivity index (χ0v) is 21.9. The average Bonchev–Trinajstić information content (AvgIpc) is 3.17. The Morgan fingerprint density at radius 1 is 1.13 bits per heavy atom. The van der Waals surface area contributed by atoms with Crippen LogP contribution in [0.2, 0.25) is 5.02 Å². The van der Waals surface area contributed by atoms with E-state index in [2.05, 4.69) is 4.98 Å². The second kappa shape index (κ2) is 11.3. The zero-order chi connectivity index (χ0) is 26.6. The fourth-order valence-electron chi connectivity index (χ4n) is 5.44. The number of carbonyl (C=O) groups excluding carboxylic acids is 2. The Bertz CT molecular complexity index is 1430. The number of allylic oxidation sites excluding steroid dienone is 2. The van der Waals surface area contributed by atoms with Crippen molar-refractivity contribution in [3.8, 4) is 5.75 Å². The molecule has 1 fully saturated rings. The lowest BCUT2D eigenvalue weighted by molar-refractivity contribution is -0.115. The number of amides is 1. The molecule has 0 spiro atoms. The number of rotatable bonds is 6. The molecule has 1 aromatic heterocycles. The lowest BCUT2D eigenvalue weighted by Gasteiger charge is -2.27. The minimum atomic E-state index is -0.474. The van der Waals surface area contributed by atoms with E-state index in [0.717, 1.165) is 5.56 Å². The van der Waals surface area contributed by atoms with Gasteiger partial charge >= 0.3 is 0 Å². The van der Waals surface area contributed by atoms with Crippen LogP contribution in [0.15, 0.2) is 84.2 Å². The van der Waals surface area contributed by atoms with Crippen molar-refractivity contribution >= 4 is 34.6 Å². The third kappa shape index (κ3) is 5.27. The van der Waals surface area contributed by atoms with Gasteiger partial charge in [0, 0.05) is 41.5 Å². The van der Waals surface area contributed by atoms with Crippen LogP contribution in [0.5, 0.6) is 5.75 Å². The number of nitrogens with zero attached hydrogens (tertiary/aromatic N) is 2. The molecule has 1 amide bonds. The predicted molar refractivity (Wildman–Crippen MR) is 147 cm³/mol. The summed E-state index contributed by atoms with van der Waals surface area (Å²) in [6, 6.07) is 15.6. The minimum Gasteiger partial charge on any atom is -0.495 e. The van der Waals surface area contributed by atoms with Gasteiger partial charge in [-0.15, -0.1) is 0 Å². The number of carbonyl (C=O) groups is 2. The number of pyridine rings is 1. The predicted octanol–water partition coefficient (Wildman–Crippen LogP) is 6.61. The van der Waals surface area contributed by atoms with Gasteiger partial charge < -0.3 is 9.64 Å². The van der Waals surface area contributed by atoms with Crippen LogP contribution in [-0.4, -0.2) is 30.3 Å². The van der Waals surface area contributed by atoms with E-state index in [-0.39, 0.29) is 29.6 Å². The molecule has 2 aromatic carbocycles. The Hall–Kier alpha value is -3.77. The summed E-state index contributed by atoms with van der Waals surface area (Å²) < 4.78 is 21.1. The van der Waals surface area contributed by atoms with E-state index < -0.39 is 5.82 Å². The van der Waals surface area contributed by atoms with E-state index >= 15 is 4.39 Å². The number of hydrogen-bond donors (Lipinski definition) is 0. The van der Waals surface area contributed by atoms with E-state index in [1.54, 1.807) is 36.5 Å². The highest BCUT2D eigenvalue weighted by Crippen LogP contribution is 2.43. The molecule has 5 nitrogen and oxygen atoms in total. The van der Waals surface area contributed by atoms with Gasteiger partial charge in [0.15, 0.2) is 5.78 Å². The van der Waals surface area contributed by atoms with Crippen molar-refractivity contribution in [2.24, 2.45) is 5.92 Å². The quantitative estimate of drug-likeness (QED) is 0.360. The monoisotopic (exact) mass is 530 g/mol. The van der Waals surface area contributed by atoms with Crippen molar-refractivity contribution in [2.45, 2.75) is 32.1 Å². The molecule has 7 heteroatoms. The number of aryl methyl sites for hydroxylation is 1. The maximum atomic E-state index is 15.5. The molecule has 0 N–H and O–H groups in total. The number of ether oxygens (including phenoxy) is 1. The Labute approximate surface area is 226 Å². The largest absolute Gasteiger partial charge is 0.495 e. The maximum absolute atomic E-state index is 15.5. The van der Waals surface area contributed by atoms with Crippen LogP contribution in [-0.2, 0) is 16.0 Å². The molecular weight excluding hydrogens is 503 g/mol. The molecule has 5 rings (SSSR count).